The van der Waals surface area contributed by atoms with Gasteiger partial charge in [-0.05, 0) is 80.7 Å². The molecule has 7 nitrogen and oxygen atoms in total. The lowest BCUT2D eigenvalue weighted by molar-refractivity contribution is -0.0489. The molecule has 2 saturated carbocycles. The first kappa shape index (κ1) is 26.6. The van der Waals surface area contributed by atoms with Crippen LogP contribution in [0.1, 0.15) is 71.8 Å². The zero-order valence-corrected chi connectivity index (χ0v) is 23.3. The number of hydrogen-bond acceptors (Lipinski definition) is 6. The summed E-state index contributed by atoms with van der Waals surface area (Å²) >= 11 is 0. The van der Waals surface area contributed by atoms with Gasteiger partial charge >= 0.3 is 12.6 Å². The molecule has 3 aliphatic rings. The molecule has 0 radical (unpaired) electrons. The second-order valence-corrected chi connectivity index (χ2v) is 11.9. The molecule has 0 atom stereocenters. The molecule has 42 heavy (non-hydrogen) atoms. The monoisotopic (exact) mass is 571 g/mol. The SMILES string of the molecule is Cc1ccccc1-c1noc(C2CC2)c1C=C1CC2(CCN(c3ccc4nc(C(=O)O)cc(OC(F)F)c4c3)CC2)C1. The zero-order valence-electron chi connectivity index (χ0n) is 23.3. The van der Waals surface area contributed by atoms with Gasteiger partial charge < -0.3 is 19.3 Å². The van der Waals surface area contributed by atoms with E-state index in [2.05, 4.69) is 44.9 Å². The van der Waals surface area contributed by atoms with Crippen LogP contribution in [-0.2, 0) is 0 Å². The van der Waals surface area contributed by atoms with E-state index in [1.807, 2.05) is 18.2 Å². The van der Waals surface area contributed by atoms with Crippen molar-refractivity contribution in [2.45, 2.75) is 58.0 Å². The van der Waals surface area contributed by atoms with Crippen LogP contribution in [0.3, 0.4) is 0 Å². The standard InChI is InChI=1S/C33H31F2N3O4/c1-19-4-2-3-5-23(19)29-25(30(42-37-29)21-6-7-21)14-20-17-33(18-20)10-12-38(13-11-33)22-8-9-26-24(15-22)28(41-32(34)35)16-27(36-26)31(39)40/h2-5,8-9,14-16,21,32H,6-7,10-13,17-18H2,1H3,(H,39,40). The van der Waals surface area contributed by atoms with Crippen molar-refractivity contribution < 1.29 is 27.9 Å². The Morgan fingerprint density at radius 3 is 2.60 bits per heavy atom. The number of nitrogens with zero attached hydrogens (tertiary/aromatic N) is 3. The number of rotatable bonds is 7. The van der Waals surface area contributed by atoms with Crippen LogP contribution in [0.2, 0.25) is 0 Å². The summed E-state index contributed by atoms with van der Waals surface area (Å²) in [5.74, 6) is 0.0160. The number of halogens is 2. The first-order valence-corrected chi connectivity index (χ1v) is 14.4. The third kappa shape index (κ3) is 4.91. The number of carboxylic acid groups (broad SMARTS) is 1. The fourth-order valence-electron chi connectivity index (χ4n) is 6.62. The van der Waals surface area contributed by atoms with Crippen LogP contribution in [0, 0.1) is 12.3 Å². The number of fused-ring (bicyclic) bond motifs is 1. The quantitative estimate of drug-likeness (QED) is 0.242. The Balaban J connectivity index is 1.08. The number of alkyl halides is 2. The molecule has 3 heterocycles. The van der Waals surface area contributed by atoms with Crippen LogP contribution in [-0.4, -0.2) is 40.9 Å². The second kappa shape index (κ2) is 10.2. The van der Waals surface area contributed by atoms with Crippen LogP contribution in [0.25, 0.3) is 28.2 Å². The molecule has 0 amide bonds. The maximum atomic E-state index is 13.1. The van der Waals surface area contributed by atoms with E-state index in [0.29, 0.717) is 16.8 Å². The minimum Gasteiger partial charge on any atom is -0.477 e. The maximum Gasteiger partial charge on any atom is 0.387 e. The predicted octanol–water partition coefficient (Wildman–Crippen LogP) is 7.84. The minimum atomic E-state index is -3.07. The number of pyridine rings is 1. The summed E-state index contributed by atoms with van der Waals surface area (Å²) in [4.78, 5) is 17.8. The number of carbonyl (C=O) groups is 1. The Labute approximate surface area is 241 Å². The van der Waals surface area contributed by atoms with E-state index in [-0.39, 0.29) is 16.9 Å². The van der Waals surface area contributed by atoms with Gasteiger partial charge in [0.05, 0.1) is 5.52 Å². The average molecular weight is 572 g/mol. The molecule has 0 bridgehead atoms. The fourth-order valence-corrected chi connectivity index (χ4v) is 6.62. The largest absolute Gasteiger partial charge is 0.477 e. The van der Waals surface area contributed by atoms with Crippen molar-refractivity contribution in [3.63, 3.8) is 0 Å². The normalized spacial score (nSPS) is 18.0. The smallest absolute Gasteiger partial charge is 0.387 e. The second-order valence-electron chi connectivity index (χ2n) is 11.9. The number of benzene rings is 2. The van der Waals surface area contributed by atoms with Crippen molar-refractivity contribution in [1.29, 1.82) is 0 Å². The first-order chi connectivity index (χ1) is 20.3. The summed E-state index contributed by atoms with van der Waals surface area (Å²) in [5.41, 5.74) is 6.95. The van der Waals surface area contributed by atoms with E-state index in [1.54, 1.807) is 12.1 Å². The highest BCUT2D eigenvalue weighted by molar-refractivity contribution is 5.94. The Morgan fingerprint density at radius 2 is 1.90 bits per heavy atom. The molecule has 2 aromatic carbocycles. The molecule has 3 fully saturated rings. The molecule has 1 saturated heterocycles. The molecule has 2 aromatic heterocycles. The summed E-state index contributed by atoms with van der Waals surface area (Å²) in [5, 5.41) is 14.2. The molecule has 1 aliphatic heterocycles. The highest BCUT2D eigenvalue weighted by Crippen LogP contribution is 2.54. The van der Waals surface area contributed by atoms with Crippen LogP contribution in [0.15, 0.2) is 58.6 Å². The van der Waals surface area contributed by atoms with Gasteiger partial charge in [-0.2, -0.15) is 8.78 Å². The van der Waals surface area contributed by atoms with Crippen molar-refractivity contribution in [3.05, 3.63) is 76.7 Å². The number of allylic oxidation sites excluding steroid dienone is 1. The number of ether oxygens (including phenoxy) is 1. The number of hydrogen-bond donors (Lipinski definition) is 1. The van der Waals surface area contributed by atoms with E-state index < -0.39 is 12.6 Å². The molecule has 1 N–H and O–H groups in total. The van der Waals surface area contributed by atoms with E-state index in [1.165, 1.54) is 11.1 Å². The highest BCUT2D eigenvalue weighted by Gasteiger charge is 2.43. The molecule has 0 unspecified atom stereocenters. The molecular formula is C33H31F2N3O4. The molecule has 9 heteroatoms. The summed E-state index contributed by atoms with van der Waals surface area (Å²) in [6, 6.07) is 14.7. The van der Waals surface area contributed by atoms with Crippen LogP contribution in [0.5, 0.6) is 5.75 Å². The lowest BCUT2D eigenvalue weighted by Gasteiger charge is -2.50. The molecule has 1 spiro atoms. The van der Waals surface area contributed by atoms with Gasteiger partial charge in [0.15, 0.2) is 5.69 Å². The Morgan fingerprint density at radius 1 is 1.14 bits per heavy atom. The first-order valence-electron chi connectivity index (χ1n) is 14.4. The molecular weight excluding hydrogens is 540 g/mol. The number of aromatic carboxylic acids is 1. The molecule has 2 aliphatic carbocycles. The summed E-state index contributed by atoms with van der Waals surface area (Å²) < 4.78 is 36.8. The number of carboxylic acids is 1. The molecule has 4 aromatic rings. The van der Waals surface area contributed by atoms with Gasteiger partial charge in [-0.25, -0.2) is 9.78 Å². The van der Waals surface area contributed by atoms with Gasteiger partial charge in [0.25, 0.3) is 0 Å². The van der Waals surface area contributed by atoms with E-state index in [4.69, 9.17) is 4.52 Å². The van der Waals surface area contributed by atoms with E-state index in [9.17, 15) is 18.7 Å². The highest BCUT2D eigenvalue weighted by atomic mass is 19.3. The van der Waals surface area contributed by atoms with Crippen LogP contribution in [0.4, 0.5) is 14.5 Å². The third-order valence-corrected chi connectivity index (χ3v) is 9.04. The number of piperidine rings is 1. The molecule has 216 valence electrons. The van der Waals surface area contributed by atoms with Gasteiger partial charge in [-0.1, -0.05) is 35.0 Å². The number of aryl methyl sites for hydroxylation is 1. The Bertz CT molecular complexity index is 1710. The fraction of sp³-hybridized carbons (Fsp3) is 0.364. The predicted molar refractivity (Wildman–Crippen MR) is 155 cm³/mol. The van der Waals surface area contributed by atoms with Gasteiger partial charge in [-0.3, -0.25) is 0 Å². The van der Waals surface area contributed by atoms with E-state index >= 15 is 0 Å². The van der Waals surface area contributed by atoms with Crippen molar-refractivity contribution in [1.82, 2.24) is 10.1 Å². The molecule has 7 rings (SSSR count). The van der Waals surface area contributed by atoms with Crippen molar-refractivity contribution in [2.75, 3.05) is 18.0 Å². The summed E-state index contributed by atoms with van der Waals surface area (Å²) in [7, 11) is 0. The summed E-state index contributed by atoms with van der Waals surface area (Å²) in [6.45, 7) is 0.733. The van der Waals surface area contributed by atoms with Crippen molar-refractivity contribution in [3.8, 4) is 17.0 Å². The number of aromatic nitrogens is 2. The Hall–Kier alpha value is -4.27. The van der Waals surface area contributed by atoms with Gasteiger partial charge in [0.1, 0.15) is 17.2 Å². The maximum absolute atomic E-state index is 13.1. The Kier molecular flexibility index (Phi) is 6.48. The third-order valence-electron chi connectivity index (χ3n) is 9.04. The van der Waals surface area contributed by atoms with Crippen LogP contribution >= 0.6 is 0 Å². The topological polar surface area (TPSA) is 88.7 Å². The minimum absolute atomic E-state index is 0.180. The van der Waals surface area contributed by atoms with Crippen LogP contribution < -0.4 is 9.64 Å². The van der Waals surface area contributed by atoms with Crippen molar-refractivity contribution in [2.24, 2.45) is 5.41 Å². The van der Waals surface area contributed by atoms with E-state index in [0.717, 1.165) is 85.9 Å². The van der Waals surface area contributed by atoms with Gasteiger partial charge in [0.2, 0.25) is 0 Å². The summed E-state index contributed by atoms with van der Waals surface area (Å²) in [6.07, 6.45) is 8.80. The number of anilines is 1. The lowest BCUT2D eigenvalue weighted by Crippen LogP contribution is -2.44. The van der Waals surface area contributed by atoms with Crippen molar-refractivity contribution >= 4 is 28.6 Å². The van der Waals surface area contributed by atoms with Gasteiger partial charge in [-0.15, -0.1) is 0 Å². The zero-order chi connectivity index (χ0) is 29.0. The average Bonchev–Trinajstić information content (AvgIpc) is 3.72. The van der Waals surface area contributed by atoms with Gasteiger partial charge in [0, 0.05) is 47.3 Å². The lowest BCUT2D eigenvalue weighted by atomic mass is 9.60.